The number of anilines is 1. The molecule has 156 valence electrons. The maximum Gasteiger partial charge on any atom is 0.255 e. The molecule has 0 saturated carbocycles. The van der Waals surface area contributed by atoms with Crippen LogP contribution in [0.25, 0.3) is 0 Å². The van der Waals surface area contributed by atoms with Gasteiger partial charge in [0.15, 0.2) is 0 Å². The first kappa shape index (κ1) is 21.6. The number of ether oxygens (including phenoxy) is 2. The van der Waals surface area contributed by atoms with Crippen LogP contribution in [0.5, 0.6) is 5.75 Å². The third kappa shape index (κ3) is 5.10. The van der Waals surface area contributed by atoms with E-state index >= 15 is 0 Å². The number of piperidine rings is 1. The van der Waals surface area contributed by atoms with Crippen molar-refractivity contribution in [1.29, 1.82) is 0 Å². The van der Waals surface area contributed by atoms with E-state index in [1.807, 2.05) is 72.5 Å². The molecule has 0 aliphatic carbocycles. The third-order valence-electron chi connectivity index (χ3n) is 5.74. The fraction of sp³-hybridized carbons (Fsp3) is 0.435. The SMILES string of the molecule is CC1OC2(CCN(CCOc3ccccc3)CC2)CN(c2ccccc2)C1=O.Cl. The smallest absolute Gasteiger partial charge is 0.255 e. The highest BCUT2D eigenvalue weighted by Crippen LogP contribution is 2.34. The van der Waals surface area contributed by atoms with Crippen molar-refractivity contribution in [2.24, 2.45) is 0 Å². The molecule has 1 atom stereocenters. The van der Waals surface area contributed by atoms with Gasteiger partial charge >= 0.3 is 0 Å². The van der Waals surface area contributed by atoms with Crippen LogP contribution in [-0.4, -0.2) is 55.3 Å². The van der Waals surface area contributed by atoms with Crippen LogP contribution >= 0.6 is 12.4 Å². The third-order valence-corrected chi connectivity index (χ3v) is 5.74. The zero-order chi connectivity index (χ0) is 19.4. The maximum atomic E-state index is 12.7. The Labute approximate surface area is 179 Å². The summed E-state index contributed by atoms with van der Waals surface area (Å²) in [6.45, 7) is 6.02. The Kier molecular flexibility index (Phi) is 7.17. The van der Waals surface area contributed by atoms with Gasteiger partial charge < -0.3 is 14.4 Å². The minimum Gasteiger partial charge on any atom is -0.492 e. The second-order valence-corrected chi connectivity index (χ2v) is 7.71. The van der Waals surface area contributed by atoms with Crippen molar-refractivity contribution in [2.75, 3.05) is 37.7 Å². The van der Waals surface area contributed by atoms with Gasteiger partial charge in [0, 0.05) is 25.3 Å². The number of rotatable bonds is 5. The Bertz CT molecular complexity index is 779. The van der Waals surface area contributed by atoms with Gasteiger partial charge in [0.05, 0.1) is 12.1 Å². The zero-order valence-electron chi connectivity index (χ0n) is 16.8. The quantitative estimate of drug-likeness (QED) is 0.744. The molecule has 0 aromatic heterocycles. The number of benzene rings is 2. The van der Waals surface area contributed by atoms with Crippen LogP contribution in [0.2, 0.25) is 0 Å². The van der Waals surface area contributed by atoms with Gasteiger partial charge in [0.25, 0.3) is 5.91 Å². The fourth-order valence-electron chi connectivity index (χ4n) is 4.14. The van der Waals surface area contributed by atoms with Gasteiger partial charge in [0.1, 0.15) is 18.5 Å². The summed E-state index contributed by atoms with van der Waals surface area (Å²) in [5, 5.41) is 0. The molecule has 2 saturated heterocycles. The first-order valence-corrected chi connectivity index (χ1v) is 10.1. The first-order valence-electron chi connectivity index (χ1n) is 10.1. The van der Waals surface area contributed by atoms with Crippen molar-refractivity contribution in [2.45, 2.75) is 31.5 Å². The molecular formula is C23H29ClN2O3. The van der Waals surface area contributed by atoms with Crippen LogP contribution < -0.4 is 9.64 Å². The Morgan fingerprint density at radius 1 is 1.03 bits per heavy atom. The average Bonchev–Trinajstić information content (AvgIpc) is 2.74. The van der Waals surface area contributed by atoms with E-state index in [1.165, 1.54) is 0 Å². The normalized spacial score (nSPS) is 21.6. The number of morpholine rings is 1. The molecule has 1 unspecified atom stereocenters. The molecule has 6 heteroatoms. The van der Waals surface area contributed by atoms with Crippen molar-refractivity contribution in [3.63, 3.8) is 0 Å². The molecule has 2 fully saturated rings. The molecule has 2 aliphatic heterocycles. The van der Waals surface area contributed by atoms with Crippen molar-refractivity contribution >= 4 is 24.0 Å². The van der Waals surface area contributed by atoms with Gasteiger partial charge in [-0.1, -0.05) is 36.4 Å². The highest BCUT2D eigenvalue weighted by molar-refractivity contribution is 5.97. The Hall–Kier alpha value is -2.08. The molecule has 2 heterocycles. The van der Waals surface area contributed by atoms with Crippen molar-refractivity contribution in [3.8, 4) is 5.75 Å². The number of carbonyl (C=O) groups excluding carboxylic acids is 1. The van der Waals surface area contributed by atoms with Crippen molar-refractivity contribution in [3.05, 3.63) is 60.7 Å². The summed E-state index contributed by atoms with van der Waals surface area (Å²) in [6.07, 6.45) is 1.46. The topological polar surface area (TPSA) is 42.0 Å². The molecule has 5 nitrogen and oxygen atoms in total. The fourth-order valence-corrected chi connectivity index (χ4v) is 4.14. The number of halogens is 1. The van der Waals surface area contributed by atoms with Crippen LogP contribution in [0.15, 0.2) is 60.7 Å². The van der Waals surface area contributed by atoms with E-state index in [-0.39, 0.29) is 23.9 Å². The van der Waals surface area contributed by atoms with E-state index in [9.17, 15) is 4.79 Å². The number of nitrogens with zero attached hydrogens (tertiary/aromatic N) is 2. The minimum absolute atomic E-state index is 0. The van der Waals surface area contributed by atoms with Crippen LogP contribution in [-0.2, 0) is 9.53 Å². The van der Waals surface area contributed by atoms with Gasteiger partial charge in [-0.3, -0.25) is 9.69 Å². The Balaban J connectivity index is 0.00000240. The van der Waals surface area contributed by atoms with Gasteiger partial charge in [-0.05, 0) is 44.0 Å². The van der Waals surface area contributed by atoms with Gasteiger partial charge in [-0.25, -0.2) is 0 Å². The molecule has 0 N–H and O–H groups in total. The van der Waals surface area contributed by atoms with E-state index in [0.717, 1.165) is 43.9 Å². The first-order chi connectivity index (χ1) is 13.7. The lowest BCUT2D eigenvalue weighted by atomic mass is 9.88. The van der Waals surface area contributed by atoms with Crippen molar-refractivity contribution in [1.82, 2.24) is 4.90 Å². The Morgan fingerprint density at radius 3 is 2.31 bits per heavy atom. The molecule has 1 spiro atoms. The highest BCUT2D eigenvalue weighted by atomic mass is 35.5. The van der Waals surface area contributed by atoms with Gasteiger partial charge in [-0.2, -0.15) is 0 Å². The van der Waals surface area contributed by atoms with E-state index in [1.54, 1.807) is 0 Å². The van der Waals surface area contributed by atoms with Gasteiger partial charge in [0.2, 0.25) is 0 Å². The van der Waals surface area contributed by atoms with Crippen LogP contribution in [0.4, 0.5) is 5.69 Å². The molecule has 1 amide bonds. The highest BCUT2D eigenvalue weighted by Gasteiger charge is 2.45. The predicted octanol–water partition coefficient (Wildman–Crippen LogP) is 3.77. The largest absolute Gasteiger partial charge is 0.492 e. The lowest BCUT2D eigenvalue weighted by Crippen LogP contribution is -2.61. The predicted molar refractivity (Wildman–Crippen MR) is 117 cm³/mol. The van der Waals surface area contributed by atoms with Crippen LogP contribution in [0.1, 0.15) is 19.8 Å². The summed E-state index contributed by atoms with van der Waals surface area (Å²) < 4.78 is 12.1. The van der Waals surface area contributed by atoms with Crippen molar-refractivity contribution < 1.29 is 14.3 Å². The monoisotopic (exact) mass is 416 g/mol. The second kappa shape index (κ2) is 9.61. The molecule has 2 aromatic rings. The molecule has 2 aliphatic rings. The number of para-hydroxylation sites is 2. The second-order valence-electron chi connectivity index (χ2n) is 7.71. The lowest BCUT2D eigenvalue weighted by molar-refractivity contribution is -0.161. The summed E-state index contributed by atoms with van der Waals surface area (Å²) in [5.74, 6) is 0.966. The molecular weight excluding hydrogens is 388 g/mol. The molecule has 0 radical (unpaired) electrons. The number of carbonyl (C=O) groups is 1. The van der Waals surface area contributed by atoms with E-state index in [4.69, 9.17) is 9.47 Å². The molecule has 29 heavy (non-hydrogen) atoms. The standard InChI is InChI=1S/C23H28N2O3.ClH/c1-19-22(26)25(20-8-4-2-5-9-20)18-23(28-19)12-14-24(15-13-23)16-17-27-21-10-6-3-7-11-21;/h2-11,19H,12-18H2,1H3;1H. The van der Waals surface area contributed by atoms with Crippen LogP contribution in [0, 0.1) is 0 Å². The summed E-state index contributed by atoms with van der Waals surface area (Å²) >= 11 is 0. The van der Waals surface area contributed by atoms with Gasteiger partial charge in [-0.15, -0.1) is 12.4 Å². The van der Waals surface area contributed by atoms with E-state index in [0.29, 0.717) is 13.2 Å². The molecule has 2 aromatic carbocycles. The number of hydrogen-bond acceptors (Lipinski definition) is 4. The number of amides is 1. The minimum atomic E-state index is -0.401. The molecule has 4 rings (SSSR count). The summed E-state index contributed by atoms with van der Waals surface area (Å²) in [5.41, 5.74) is 0.709. The Morgan fingerprint density at radius 2 is 1.66 bits per heavy atom. The lowest BCUT2D eigenvalue weighted by Gasteiger charge is -2.49. The number of hydrogen-bond donors (Lipinski definition) is 0. The summed E-state index contributed by atoms with van der Waals surface area (Å²) in [4.78, 5) is 17.0. The maximum absolute atomic E-state index is 12.7. The average molecular weight is 417 g/mol. The summed E-state index contributed by atoms with van der Waals surface area (Å²) in [6, 6.07) is 19.9. The summed E-state index contributed by atoms with van der Waals surface area (Å²) in [7, 11) is 0. The van der Waals surface area contributed by atoms with Crippen LogP contribution in [0.3, 0.4) is 0 Å². The number of likely N-dealkylation sites (tertiary alicyclic amines) is 1. The molecule has 0 bridgehead atoms. The van der Waals surface area contributed by atoms with E-state index in [2.05, 4.69) is 4.90 Å². The van der Waals surface area contributed by atoms with E-state index < -0.39 is 6.10 Å². The zero-order valence-corrected chi connectivity index (χ0v) is 17.6.